The second kappa shape index (κ2) is 5.55. The summed E-state index contributed by atoms with van der Waals surface area (Å²) in [4.78, 5) is 13.6. The zero-order chi connectivity index (χ0) is 13.1. The predicted octanol–water partition coefficient (Wildman–Crippen LogP) is 0.921. The van der Waals surface area contributed by atoms with Crippen LogP contribution in [0.3, 0.4) is 0 Å². The van der Waals surface area contributed by atoms with E-state index in [0.717, 1.165) is 43.8 Å². The number of benzene rings is 1. The Morgan fingerprint density at radius 1 is 1.21 bits per heavy atom. The van der Waals surface area contributed by atoms with Crippen molar-refractivity contribution in [2.75, 3.05) is 32.8 Å². The molecule has 0 atom stereocenters. The third-order valence-corrected chi connectivity index (χ3v) is 3.61. The molecule has 1 aliphatic rings. The maximum Gasteiger partial charge on any atom is 0.203 e. The first-order chi connectivity index (χ1) is 9.33. The molecule has 1 N–H and O–H groups in total. The molecule has 3 rings (SSSR count). The van der Waals surface area contributed by atoms with Crippen LogP contribution in [0.4, 0.5) is 0 Å². The molecule has 0 radical (unpaired) electrons. The van der Waals surface area contributed by atoms with Gasteiger partial charge in [-0.2, -0.15) is 0 Å². The van der Waals surface area contributed by atoms with Gasteiger partial charge in [-0.05, 0) is 12.1 Å². The average Bonchev–Trinajstić information content (AvgIpc) is 2.90. The van der Waals surface area contributed by atoms with Crippen molar-refractivity contribution in [3.63, 3.8) is 0 Å². The highest BCUT2D eigenvalue weighted by Crippen LogP contribution is 2.19. The van der Waals surface area contributed by atoms with Crippen LogP contribution >= 0.6 is 0 Å². The Morgan fingerprint density at radius 3 is 2.79 bits per heavy atom. The van der Waals surface area contributed by atoms with E-state index in [1.165, 1.54) is 4.90 Å². The van der Waals surface area contributed by atoms with Gasteiger partial charge in [0.15, 0.2) is 5.76 Å². The highest BCUT2D eigenvalue weighted by Gasteiger charge is 2.18. The van der Waals surface area contributed by atoms with Gasteiger partial charge in [-0.3, -0.25) is 4.79 Å². The van der Waals surface area contributed by atoms with Crippen molar-refractivity contribution in [1.29, 1.82) is 0 Å². The second-order valence-electron chi connectivity index (χ2n) is 4.93. The van der Waals surface area contributed by atoms with Crippen molar-refractivity contribution in [2.24, 2.45) is 0 Å². The normalized spacial score (nSPS) is 16.8. The van der Waals surface area contributed by atoms with Crippen LogP contribution in [0, 0.1) is 0 Å². The van der Waals surface area contributed by atoms with E-state index in [2.05, 4.69) is 0 Å². The number of ether oxygens (including phenoxy) is 1. The molecule has 0 unspecified atom stereocenters. The molecule has 1 fully saturated rings. The molecule has 1 aromatic heterocycles. The molecule has 0 bridgehead atoms. The van der Waals surface area contributed by atoms with E-state index in [4.69, 9.17) is 9.15 Å². The SMILES string of the molecule is O=C(CC[NH+]1CCOCC1)c1cc2ccccc2o1. The quantitative estimate of drug-likeness (QED) is 0.831. The number of quaternary nitrogens is 1. The molecule has 4 heteroatoms. The molecule has 0 saturated carbocycles. The largest absolute Gasteiger partial charge is 0.453 e. The van der Waals surface area contributed by atoms with Crippen LogP contribution in [0.1, 0.15) is 17.0 Å². The van der Waals surface area contributed by atoms with Gasteiger partial charge in [0.1, 0.15) is 18.7 Å². The van der Waals surface area contributed by atoms with E-state index in [-0.39, 0.29) is 5.78 Å². The van der Waals surface area contributed by atoms with Crippen LogP contribution in [-0.2, 0) is 4.74 Å². The van der Waals surface area contributed by atoms with Gasteiger partial charge >= 0.3 is 0 Å². The number of carbonyl (C=O) groups excluding carboxylic acids is 1. The molecule has 2 heterocycles. The number of fused-ring (bicyclic) bond motifs is 1. The van der Waals surface area contributed by atoms with E-state index in [1.54, 1.807) is 0 Å². The van der Waals surface area contributed by atoms with Crippen LogP contribution in [0.25, 0.3) is 11.0 Å². The first-order valence-electron chi connectivity index (χ1n) is 6.76. The Bertz CT molecular complexity index is 537. The summed E-state index contributed by atoms with van der Waals surface area (Å²) in [5.74, 6) is 0.573. The maximum absolute atomic E-state index is 12.1. The van der Waals surface area contributed by atoms with E-state index in [0.29, 0.717) is 12.2 Å². The fourth-order valence-corrected chi connectivity index (χ4v) is 2.44. The Hall–Kier alpha value is -1.65. The van der Waals surface area contributed by atoms with Crippen molar-refractivity contribution in [3.05, 3.63) is 36.1 Å². The third kappa shape index (κ3) is 2.85. The van der Waals surface area contributed by atoms with Gasteiger partial charge in [-0.1, -0.05) is 18.2 Å². The molecule has 19 heavy (non-hydrogen) atoms. The molecule has 4 nitrogen and oxygen atoms in total. The number of rotatable bonds is 4. The third-order valence-electron chi connectivity index (χ3n) is 3.61. The Balaban J connectivity index is 1.63. The Labute approximate surface area is 111 Å². The minimum absolute atomic E-state index is 0.0928. The number of para-hydroxylation sites is 1. The van der Waals surface area contributed by atoms with Crippen molar-refractivity contribution in [1.82, 2.24) is 0 Å². The van der Waals surface area contributed by atoms with Crippen molar-refractivity contribution >= 4 is 16.8 Å². The molecule has 100 valence electrons. The summed E-state index contributed by atoms with van der Waals surface area (Å²) in [5.41, 5.74) is 0.782. The molecule has 2 aromatic rings. The highest BCUT2D eigenvalue weighted by atomic mass is 16.5. The summed E-state index contributed by atoms with van der Waals surface area (Å²) < 4.78 is 10.9. The number of nitrogens with one attached hydrogen (secondary N) is 1. The molecule has 0 spiro atoms. The molecule has 1 saturated heterocycles. The van der Waals surface area contributed by atoms with Crippen molar-refractivity contribution in [3.8, 4) is 0 Å². The first kappa shape index (κ1) is 12.4. The number of carbonyl (C=O) groups is 1. The zero-order valence-corrected chi connectivity index (χ0v) is 10.9. The molecule has 0 aliphatic carbocycles. The first-order valence-corrected chi connectivity index (χ1v) is 6.76. The number of furan rings is 1. The lowest BCUT2D eigenvalue weighted by Gasteiger charge is -2.23. The summed E-state index contributed by atoms with van der Waals surface area (Å²) in [5, 5.41) is 0.990. The number of ketones is 1. The highest BCUT2D eigenvalue weighted by molar-refractivity contribution is 5.97. The van der Waals surface area contributed by atoms with Gasteiger partial charge in [0, 0.05) is 5.39 Å². The van der Waals surface area contributed by atoms with Gasteiger partial charge < -0.3 is 14.1 Å². The number of Topliss-reactive ketones (excluding diaryl/α,β-unsaturated/α-hetero) is 1. The Morgan fingerprint density at radius 2 is 2.00 bits per heavy atom. The smallest absolute Gasteiger partial charge is 0.203 e. The van der Waals surface area contributed by atoms with Gasteiger partial charge in [-0.15, -0.1) is 0 Å². The number of hydrogen-bond donors (Lipinski definition) is 1. The summed E-state index contributed by atoms with van der Waals surface area (Å²) in [6, 6.07) is 9.55. The van der Waals surface area contributed by atoms with E-state index in [1.807, 2.05) is 30.3 Å². The van der Waals surface area contributed by atoms with E-state index < -0.39 is 0 Å². The second-order valence-corrected chi connectivity index (χ2v) is 4.93. The topological polar surface area (TPSA) is 43.9 Å². The Kier molecular flexibility index (Phi) is 3.62. The minimum Gasteiger partial charge on any atom is -0.453 e. The van der Waals surface area contributed by atoms with Gasteiger partial charge in [0.2, 0.25) is 5.78 Å². The van der Waals surface area contributed by atoms with Crippen LogP contribution in [-0.4, -0.2) is 38.6 Å². The molecular formula is C15H18NO3+. The van der Waals surface area contributed by atoms with E-state index >= 15 is 0 Å². The lowest BCUT2D eigenvalue weighted by atomic mass is 10.2. The zero-order valence-electron chi connectivity index (χ0n) is 10.9. The number of morpholine rings is 1. The monoisotopic (exact) mass is 260 g/mol. The summed E-state index contributed by atoms with van der Waals surface area (Å²) in [6.45, 7) is 4.45. The summed E-state index contributed by atoms with van der Waals surface area (Å²) in [7, 11) is 0. The van der Waals surface area contributed by atoms with Crippen LogP contribution < -0.4 is 4.90 Å². The van der Waals surface area contributed by atoms with Crippen LogP contribution in [0.5, 0.6) is 0 Å². The summed E-state index contributed by atoms with van der Waals surface area (Å²) >= 11 is 0. The predicted molar refractivity (Wildman–Crippen MR) is 71.5 cm³/mol. The standard InChI is InChI=1S/C15H17NO3/c17-13(5-6-16-7-9-18-10-8-16)15-11-12-3-1-2-4-14(12)19-15/h1-4,11H,5-10H2/p+1. The van der Waals surface area contributed by atoms with Gasteiger partial charge in [0.05, 0.1) is 26.2 Å². The summed E-state index contributed by atoms with van der Waals surface area (Å²) in [6.07, 6.45) is 0.537. The fraction of sp³-hybridized carbons (Fsp3) is 0.400. The van der Waals surface area contributed by atoms with Crippen molar-refractivity contribution in [2.45, 2.75) is 6.42 Å². The van der Waals surface area contributed by atoms with Crippen molar-refractivity contribution < 1.29 is 18.8 Å². The van der Waals surface area contributed by atoms with Crippen LogP contribution in [0.2, 0.25) is 0 Å². The van der Waals surface area contributed by atoms with E-state index in [9.17, 15) is 4.79 Å². The molecule has 0 amide bonds. The van der Waals surface area contributed by atoms with Gasteiger partial charge in [0.25, 0.3) is 0 Å². The maximum atomic E-state index is 12.1. The lowest BCUT2D eigenvalue weighted by molar-refractivity contribution is -0.907. The lowest BCUT2D eigenvalue weighted by Crippen LogP contribution is -3.14. The fourth-order valence-electron chi connectivity index (χ4n) is 2.44. The van der Waals surface area contributed by atoms with Crippen LogP contribution in [0.15, 0.2) is 34.7 Å². The van der Waals surface area contributed by atoms with Gasteiger partial charge in [-0.25, -0.2) is 0 Å². The molecule has 1 aliphatic heterocycles. The minimum atomic E-state index is 0.0928. The average molecular weight is 260 g/mol. The molecule has 1 aromatic carbocycles. The molecular weight excluding hydrogens is 242 g/mol. The number of hydrogen-bond acceptors (Lipinski definition) is 3.